The maximum atomic E-state index is 5.96. The Morgan fingerprint density at radius 3 is 2.18 bits per heavy atom. The summed E-state index contributed by atoms with van der Waals surface area (Å²) in [6.45, 7) is 8.91. The summed E-state index contributed by atoms with van der Waals surface area (Å²) in [4.78, 5) is 0. The third-order valence-corrected chi connectivity index (χ3v) is 7.82. The lowest BCUT2D eigenvalue weighted by molar-refractivity contribution is 0.423. The van der Waals surface area contributed by atoms with Gasteiger partial charge in [-0.05, 0) is 25.1 Å². The molecule has 0 bridgehead atoms. The van der Waals surface area contributed by atoms with Crippen molar-refractivity contribution < 1.29 is 4.43 Å². The van der Waals surface area contributed by atoms with E-state index in [0.29, 0.717) is 0 Å². The van der Waals surface area contributed by atoms with Crippen molar-refractivity contribution >= 4 is 8.32 Å². The molecule has 0 aromatic carbocycles. The van der Waals surface area contributed by atoms with E-state index in [4.69, 9.17) is 4.43 Å². The van der Waals surface area contributed by atoms with Crippen LogP contribution in [-0.2, 0) is 4.43 Å². The first-order valence-corrected chi connectivity index (χ1v) is 6.92. The molecule has 0 saturated heterocycles. The Hall–Kier alpha value is -0.243. The zero-order valence-electron chi connectivity index (χ0n) is 7.98. The van der Waals surface area contributed by atoms with Crippen LogP contribution in [-0.4, -0.2) is 8.32 Å². The lowest BCUT2D eigenvalue weighted by Gasteiger charge is -2.27. The van der Waals surface area contributed by atoms with Gasteiger partial charge in [-0.2, -0.15) is 0 Å². The fourth-order valence-electron chi connectivity index (χ4n) is 1.99. The second-order valence-electron chi connectivity index (χ2n) is 3.44. The molecule has 1 aliphatic heterocycles. The van der Waals surface area contributed by atoms with Crippen molar-refractivity contribution in [1.82, 2.24) is 0 Å². The van der Waals surface area contributed by atoms with E-state index in [1.165, 1.54) is 12.1 Å². The molecule has 11 heavy (non-hydrogen) atoms. The molecule has 2 heteroatoms. The molecule has 0 aromatic heterocycles. The zero-order chi connectivity index (χ0) is 8.48. The van der Waals surface area contributed by atoms with Crippen molar-refractivity contribution in [1.29, 1.82) is 0 Å². The van der Waals surface area contributed by atoms with E-state index in [2.05, 4.69) is 33.8 Å². The Morgan fingerprint density at radius 2 is 2.00 bits per heavy atom. The predicted molar refractivity (Wildman–Crippen MR) is 51.0 cm³/mol. The molecular formula is C9H18OSi. The van der Waals surface area contributed by atoms with E-state index in [1.54, 1.807) is 0 Å². The minimum absolute atomic E-state index is 0.720. The Bertz CT molecular complexity index is 170. The van der Waals surface area contributed by atoms with Crippen LogP contribution in [0.2, 0.25) is 17.6 Å². The Balaban J connectivity index is 2.75. The van der Waals surface area contributed by atoms with Crippen molar-refractivity contribution in [2.24, 2.45) is 0 Å². The van der Waals surface area contributed by atoms with Crippen molar-refractivity contribution in [3.8, 4) is 0 Å². The molecule has 0 aliphatic carbocycles. The van der Waals surface area contributed by atoms with E-state index in [1.807, 2.05) is 0 Å². The summed E-state index contributed by atoms with van der Waals surface area (Å²) in [6, 6.07) is 2.50. The summed E-state index contributed by atoms with van der Waals surface area (Å²) in [6.07, 6.45) is 2.29. The van der Waals surface area contributed by atoms with Gasteiger partial charge in [0.25, 0.3) is 8.32 Å². The molecule has 0 spiro atoms. The topological polar surface area (TPSA) is 9.23 Å². The monoisotopic (exact) mass is 170 g/mol. The molecular weight excluding hydrogens is 152 g/mol. The molecule has 1 atom stereocenters. The lowest BCUT2D eigenvalue weighted by atomic mass is 10.4. The number of allylic oxidation sites excluding steroid dienone is 2. The van der Waals surface area contributed by atoms with Gasteiger partial charge in [0.15, 0.2) is 0 Å². The average molecular weight is 170 g/mol. The SMILES string of the molecule is CC[Si]1(CC)OC(C)=CC1C. The highest BCUT2D eigenvalue weighted by atomic mass is 28.4. The number of hydrogen-bond donors (Lipinski definition) is 0. The minimum atomic E-state index is -1.34. The summed E-state index contributed by atoms with van der Waals surface area (Å²) in [7, 11) is -1.34. The second kappa shape index (κ2) is 3.01. The smallest absolute Gasteiger partial charge is 0.256 e. The maximum absolute atomic E-state index is 5.96. The molecule has 0 saturated carbocycles. The van der Waals surface area contributed by atoms with Crippen molar-refractivity contribution in [2.75, 3.05) is 0 Å². The maximum Gasteiger partial charge on any atom is 0.256 e. The van der Waals surface area contributed by atoms with Crippen LogP contribution in [0.4, 0.5) is 0 Å². The van der Waals surface area contributed by atoms with E-state index >= 15 is 0 Å². The van der Waals surface area contributed by atoms with Gasteiger partial charge in [-0.3, -0.25) is 0 Å². The average Bonchev–Trinajstić information content (AvgIpc) is 2.27. The fraction of sp³-hybridized carbons (Fsp3) is 0.778. The first-order chi connectivity index (χ1) is 5.14. The molecule has 0 aromatic rings. The lowest BCUT2D eigenvalue weighted by Crippen LogP contribution is -2.36. The molecule has 0 fully saturated rings. The van der Waals surface area contributed by atoms with Gasteiger partial charge in [-0.1, -0.05) is 20.8 Å². The van der Waals surface area contributed by atoms with Gasteiger partial charge in [0.1, 0.15) is 0 Å². The Labute approximate surface area is 70.6 Å². The van der Waals surface area contributed by atoms with Crippen LogP contribution >= 0.6 is 0 Å². The summed E-state index contributed by atoms with van der Waals surface area (Å²) < 4.78 is 5.96. The van der Waals surface area contributed by atoms with Gasteiger partial charge in [0.2, 0.25) is 0 Å². The molecule has 0 N–H and O–H groups in total. The standard InChI is InChI=1S/C9H18OSi/c1-5-11(6-2)9(4)7-8(3)10-11/h7,9H,5-6H2,1-4H3. The molecule has 1 unspecified atom stereocenters. The van der Waals surface area contributed by atoms with Crippen LogP contribution in [0.3, 0.4) is 0 Å². The molecule has 1 nitrogen and oxygen atoms in total. The highest BCUT2D eigenvalue weighted by Crippen LogP contribution is 2.39. The predicted octanol–water partition coefficient (Wildman–Crippen LogP) is 3.30. The van der Waals surface area contributed by atoms with Crippen LogP contribution in [0, 0.1) is 0 Å². The fourth-order valence-corrected chi connectivity index (χ4v) is 5.50. The van der Waals surface area contributed by atoms with Gasteiger partial charge in [-0.25, -0.2) is 0 Å². The van der Waals surface area contributed by atoms with E-state index < -0.39 is 8.32 Å². The quantitative estimate of drug-likeness (QED) is 0.578. The van der Waals surface area contributed by atoms with Gasteiger partial charge >= 0.3 is 0 Å². The normalized spacial score (nSPS) is 28.0. The summed E-state index contributed by atoms with van der Waals surface area (Å²) >= 11 is 0. The van der Waals surface area contributed by atoms with E-state index in [9.17, 15) is 0 Å². The third kappa shape index (κ3) is 1.36. The Morgan fingerprint density at radius 1 is 1.45 bits per heavy atom. The molecule has 1 rings (SSSR count). The van der Waals surface area contributed by atoms with Gasteiger partial charge in [-0.15, -0.1) is 0 Å². The number of rotatable bonds is 2. The summed E-state index contributed by atoms with van der Waals surface area (Å²) in [5.74, 6) is 1.16. The molecule has 0 radical (unpaired) electrons. The molecule has 0 amide bonds. The van der Waals surface area contributed by atoms with Crippen LogP contribution in [0.1, 0.15) is 27.7 Å². The molecule has 1 aliphatic rings. The zero-order valence-corrected chi connectivity index (χ0v) is 8.98. The summed E-state index contributed by atoms with van der Waals surface area (Å²) in [5.41, 5.74) is 0.720. The largest absolute Gasteiger partial charge is 0.546 e. The highest BCUT2D eigenvalue weighted by molar-refractivity contribution is 6.76. The molecule has 64 valence electrons. The van der Waals surface area contributed by atoms with Crippen LogP contribution in [0.25, 0.3) is 0 Å². The summed E-state index contributed by atoms with van der Waals surface area (Å²) in [5, 5.41) is 0. The van der Waals surface area contributed by atoms with E-state index in [-0.39, 0.29) is 0 Å². The third-order valence-electron chi connectivity index (χ3n) is 2.88. The second-order valence-corrected chi connectivity index (χ2v) is 8.10. The van der Waals surface area contributed by atoms with Crippen LogP contribution in [0.15, 0.2) is 11.8 Å². The van der Waals surface area contributed by atoms with Crippen LogP contribution < -0.4 is 0 Å². The first-order valence-electron chi connectivity index (χ1n) is 4.52. The minimum Gasteiger partial charge on any atom is -0.546 e. The van der Waals surface area contributed by atoms with Crippen molar-refractivity contribution in [2.45, 2.75) is 45.3 Å². The Kier molecular flexibility index (Phi) is 2.42. The van der Waals surface area contributed by atoms with Gasteiger partial charge in [0, 0.05) is 5.54 Å². The van der Waals surface area contributed by atoms with Crippen molar-refractivity contribution in [3.63, 3.8) is 0 Å². The molecule has 1 heterocycles. The number of hydrogen-bond acceptors (Lipinski definition) is 1. The van der Waals surface area contributed by atoms with Crippen LogP contribution in [0.5, 0.6) is 0 Å². The highest BCUT2D eigenvalue weighted by Gasteiger charge is 2.42. The van der Waals surface area contributed by atoms with Gasteiger partial charge in [0.05, 0.1) is 5.76 Å². The first kappa shape index (κ1) is 8.85. The van der Waals surface area contributed by atoms with Crippen molar-refractivity contribution in [3.05, 3.63) is 11.8 Å². The van der Waals surface area contributed by atoms with E-state index in [0.717, 1.165) is 11.3 Å². The van der Waals surface area contributed by atoms with Gasteiger partial charge < -0.3 is 4.43 Å².